The van der Waals surface area contributed by atoms with E-state index in [1.54, 1.807) is 19.2 Å². The van der Waals surface area contributed by atoms with Crippen molar-refractivity contribution in [2.45, 2.75) is 78.7 Å². The Kier molecular flexibility index (Phi) is 8.50. The van der Waals surface area contributed by atoms with Gasteiger partial charge >= 0.3 is 5.97 Å². The largest absolute Gasteiger partial charge is 0.497 e. The zero-order chi connectivity index (χ0) is 30.1. The first-order valence-electron chi connectivity index (χ1n) is 15.0. The van der Waals surface area contributed by atoms with Gasteiger partial charge in [-0.3, -0.25) is 4.79 Å². The van der Waals surface area contributed by atoms with Crippen molar-refractivity contribution in [2.75, 3.05) is 7.11 Å². The molecule has 5 rings (SSSR count). The topological polar surface area (TPSA) is 55.8 Å². The first-order valence-corrected chi connectivity index (χ1v) is 15.0. The number of carbonyl (C=O) groups is 1. The molecule has 3 aromatic rings. The molecule has 222 valence electrons. The summed E-state index contributed by atoms with van der Waals surface area (Å²) in [6.07, 6.45) is 7.75. The molecule has 0 aromatic heterocycles. The van der Waals surface area contributed by atoms with Crippen molar-refractivity contribution in [3.05, 3.63) is 89.2 Å². The normalized spacial score (nSPS) is 18.2. The summed E-state index contributed by atoms with van der Waals surface area (Å²) in [4.78, 5) is 11.5. The maximum absolute atomic E-state index is 15.2. The second-order valence-electron chi connectivity index (χ2n) is 13.7. The van der Waals surface area contributed by atoms with E-state index in [4.69, 9.17) is 9.47 Å². The molecule has 0 saturated heterocycles. The highest BCUT2D eigenvalue weighted by Gasteiger charge is 2.34. The number of carboxylic acids is 1. The van der Waals surface area contributed by atoms with Gasteiger partial charge in [-0.1, -0.05) is 70.9 Å². The first-order chi connectivity index (χ1) is 19.9. The van der Waals surface area contributed by atoms with Crippen LogP contribution < -0.4 is 9.47 Å². The van der Waals surface area contributed by atoms with Crippen LogP contribution >= 0.6 is 0 Å². The van der Waals surface area contributed by atoms with E-state index in [2.05, 4.69) is 39.8 Å². The molecular weight excluding hydrogens is 527 g/mol. The molecule has 0 bridgehead atoms. The van der Waals surface area contributed by atoms with Gasteiger partial charge in [0.1, 0.15) is 23.9 Å². The standard InChI is InChI=1S/C37H43FO4/c1-36(2)20-28(21-37(3,4)23-36)32-16-25(11-13-31(32)33-19-29(41-5)12-14-34(33)38)22-42-30-8-6-7-26(17-30)27(18-35(39)40)15-24-9-10-24/h6-8,11-14,16-17,19-20,24,27H,9-10,15,18,21-23H2,1-5H3,(H,39,40)/t27-/m1/s1. The molecule has 0 unspecified atom stereocenters. The second-order valence-corrected chi connectivity index (χ2v) is 13.7. The summed E-state index contributed by atoms with van der Waals surface area (Å²) in [6, 6.07) is 18.9. The molecule has 0 spiro atoms. The molecule has 0 aliphatic heterocycles. The molecule has 0 radical (unpaired) electrons. The lowest BCUT2D eigenvalue weighted by atomic mass is 9.65. The molecule has 0 amide bonds. The molecular formula is C37H43FO4. The zero-order valence-corrected chi connectivity index (χ0v) is 25.5. The first kappa shape index (κ1) is 29.9. The highest BCUT2D eigenvalue weighted by atomic mass is 19.1. The lowest BCUT2D eigenvalue weighted by molar-refractivity contribution is -0.137. The van der Waals surface area contributed by atoms with Crippen LogP contribution in [-0.2, 0) is 11.4 Å². The van der Waals surface area contributed by atoms with Crippen molar-refractivity contribution >= 4 is 11.5 Å². The average molecular weight is 571 g/mol. The molecule has 2 aliphatic carbocycles. The minimum atomic E-state index is -0.768. The Bertz CT molecular complexity index is 1480. The van der Waals surface area contributed by atoms with Crippen molar-refractivity contribution in [3.8, 4) is 22.6 Å². The van der Waals surface area contributed by atoms with Gasteiger partial charge in [0.15, 0.2) is 0 Å². The van der Waals surface area contributed by atoms with Crippen LogP contribution in [0.1, 0.15) is 88.8 Å². The molecule has 42 heavy (non-hydrogen) atoms. The summed E-state index contributed by atoms with van der Waals surface area (Å²) < 4.78 is 27.0. The van der Waals surface area contributed by atoms with Crippen molar-refractivity contribution < 1.29 is 23.8 Å². The number of allylic oxidation sites excluding steroid dienone is 2. The number of hydrogen-bond donors (Lipinski definition) is 1. The van der Waals surface area contributed by atoms with Gasteiger partial charge in [-0.15, -0.1) is 0 Å². The summed E-state index contributed by atoms with van der Waals surface area (Å²) in [5, 5.41) is 9.48. The van der Waals surface area contributed by atoms with Crippen molar-refractivity contribution in [3.63, 3.8) is 0 Å². The SMILES string of the molecule is COc1ccc(F)c(-c2ccc(COc3cccc([C@@H](CC(=O)O)CC4CC4)c3)cc2C2=CC(C)(C)CC(C)(C)C2)c1. The van der Waals surface area contributed by atoms with Crippen molar-refractivity contribution in [1.29, 1.82) is 0 Å². The van der Waals surface area contributed by atoms with E-state index in [1.165, 1.54) is 24.5 Å². The Morgan fingerprint density at radius 1 is 0.976 bits per heavy atom. The summed E-state index contributed by atoms with van der Waals surface area (Å²) in [6.45, 7) is 9.48. The zero-order valence-electron chi connectivity index (χ0n) is 25.5. The fourth-order valence-corrected chi connectivity index (χ4v) is 6.91. The summed E-state index contributed by atoms with van der Waals surface area (Å²) >= 11 is 0. The van der Waals surface area contributed by atoms with Crippen LogP contribution in [0.15, 0.2) is 66.7 Å². The van der Waals surface area contributed by atoms with Crippen LogP contribution in [0.3, 0.4) is 0 Å². The smallest absolute Gasteiger partial charge is 0.303 e. The predicted octanol–water partition coefficient (Wildman–Crippen LogP) is 9.67. The van der Waals surface area contributed by atoms with Gasteiger partial charge in [-0.05, 0) is 106 Å². The molecule has 1 saturated carbocycles. The van der Waals surface area contributed by atoms with Crippen LogP contribution in [0.2, 0.25) is 0 Å². The number of hydrogen-bond acceptors (Lipinski definition) is 3. The summed E-state index contributed by atoms with van der Waals surface area (Å²) in [7, 11) is 1.60. The number of aliphatic carboxylic acids is 1. The third-order valence-electron chi connectivity index (χ3n) is 8.53. The van der Waals surface area contributed by atoms with Crippen molar-refractivity contribution in [2.24, 2.45) is 16.7 Å². The predicted molar refractivity (Wildman–Crippen MR) is 166 cm³/mol. The van der Waals surface area contributed by atoms with E-state index in [0.29, 0.717) is 23.8 Å². The Hall–Kier alpha value is -3.60. The quantitative estimate of drug-likeness (QED) is 0.249. The molecule has 2 aliphatic rings. The lowest BCUT2D eigenvalue weighted by Gasteiger charge is -2.40. The number of methoxy groups -OCH3 is 1. The van der Waals surface area contributed by atoms with Gasteiger partial charge in [0.25, 0.3) is 0 Å². The van der Waals surface area contributed by atoms with Gasteiger partial charge in [-0.2, -0.15) is 0 Å². The second kappa shape index (κ2) is 11.9. The highest BCUT2D eigenvalue weighted by Crippen LogP contribution is 2.49. The maximum atomic E-state index is 15.2. The van der Waals surface area contributed by atoms with E-state index < -0.39 is 5.97 Å². The van der Waals surface area contributed by atoms with Crippen LogP contribution in [0.25, 0.3) is 16.7 Å². The Labute approximate surface area is 249 Å². The highest BCUT2D eigenvalue weighted by molar-refractivity contribution is 5.83. The third-order valence-corrected chi connectivity index (χ3v) is 8.53. The van der Waals surface area contributed by atoms with E-state index in [9.17, 15) is 9.90 Å². The van der Waals surface area contributed by atoms with E-state index in [0.717, 1.165) is 47.3 Å². The van der Waals surface area contributed by atoms with E-state index in [-0.39, 0.29) is 29.0 Å². The van der Waals surface area contributed by atoms with E-state index >= 15 is 4.39 Å². The number of rotatable bonds is 11. The number of ether oxygens (including phenoxy) is 2. The Morgan fingerprint density at radius 3 is 2.45 bits per heavy atom. The van der Waals surface area contributed by atoms with Gasteiger partial charge in [0, 0.05) is 5.56 Å². The van der Waals surface area contributed by atoms with Crippen LogP contribution in [0, 0.1) is 22.6 Å². The van der Waals surface area contributed by atoms with Crippen LogP contribution in [0.5, 0.6) is 11.5 Å². The fourth-order valence-electron chi connectivity index (χ4n) is 6.91. The number of benzene rings is 3. The fraction of sp³-hybridized carbons (Fsp3) is 0.432. The van der Waals surface area contributed by atoms with Crippen LogP contribution in [-0.4, -0.2) is 18.2 Å². The van der Waals surface area contributed by atoms with Gasteiger partial charge in [0.2, 0.25) is 0 Å². The monoisotopic (exact) mass is 570 g/mol. The summed E-state index contributed by atoms with van der Waals surface area (Å²) in [5.74, 6) is 0.917. The molecule has 1 fully saturated rings. The average Bonchev–Trinajstić information content (AvgIpc) is 3.74. The molecule has 4 nitrogen and oxygen atoms in total. The maximum Gasteiger partial charge on any atom is 0.303 e. The van der Waals surface area contributed by atoms with E-state index in [1.807, 2.05) is 36.4 Å². The number of carboxylic acid groups (broad SMARTS) is 1. The van der Waals surface area contributed by atoms with Gasteiger partial charge in [0.05, 0.1) is 13.5 Å². The van der Waals surface area contributed by atoms with Gasteiger partial charge in [-0.25, -0.2) is 4.39 Å². The summed E-state index contributed by atoms with van der Waals surface area (Å²) in [5.41, 5.74) is 5.73. The lowest BCUT2D eigenvalue weighted by Crippen LogP contribution is -2.26. The minimum Gasteiger partial charge on any atom is -0.497 e. The Morgan fingerprint density at radius 2 is 1.76 bits per heavy atom. The Balaban J connectivity index is 1.47. The third kappa shape index (κ3) is 7.42. The molecule has 5 heteroatoms. The minimum absolute atomic E-state index is 0.00727. The number of halogens is 1. The van der Waals surface area contributed by atoms with Crippen LogP contribution in [0.4, 0.5) is 4.39 Å². The van der Waals surface area contributed by atoms with Crippen molar-refractivity contribution in [1.82, 2.24) is 0 Å². The van der Waals surface area contributed by atoms with Gasteiger partial charge < -0.3 is 14.6 Å². The molecule has 3 aromatic carbocycles. The molecule has 1 N–H and O–H groups in total. The molecule has 1 atom stereocenters. The molecule has 0 heterocycles.